The van der Waals surface area contributed by atoms with Gasteiger partial charge in [0, 0.05) is 0 Å². The summed E-state index contributed by atoms with van der Waals surface area (Å²) >= 11 is 1.70. The summed E-state index contributed by atoms with van der Waals surface area (Å²) in [5.74, 6) is 1.85. The number of methoxy groups -OCH3 is 1. The summed E-state index contributed by atoms with van der Waals surface area (Å²) in [4.78, 5) is 1.19. The molecular formula is C16H21NO2S. The van der Waals surface area contributed by atoms with Crippen LogP contribution in [0.4, 0.5) is 0 Å². The average molecular weight is 291 g/mol. The topological polar surface area (TPSA) is 30.5 Å². The van der Waals surface area contributed by atoms with Gasteiger partial charge in [-0.15, -0.1) is 11.3 Å². The van der Waals surface area contributed by atoms with Gasteiger partial charge in [0.25, 0.3) is 0 Å². The molecule has 108 valence electrons. The maximum atomic E-state index is 5.62. The Hall–Kier alpha value is -1.52. The Balaban J connectivity index is 2.19. The summed E-state index contributed by atoms with van der Waals surface area (Å²) in [6.07, 6.45) is 1.02. The lowest BCUT2D eigenvalue weighted by atomic mass is 10.0. The van der Waals surface area contributed by atoms with Gasteiger partial charge in [-0.25, -0.2) is 0 Å². The average Bonchev–Trinajstić information content (AvgIpc) is 2.95. The molecule has 2 aromatic rings. The second-order valence-corrected chi connectivity index (χ2v) is 5.44. The van der Waals surface area contributed by atoms with Gasteiger partial charge in [0.2, 0.25) is 0 Å². The van der Waals surface area contributed by atoms with E-state index in [-0.39, 0.29) is 6.04 Å². The van der Waals surface area contributed by atoms with Crippen molar-refractivity contribution in [1.82, 2.24) is 5.32 Å². The zero-order valence-electron chi connectivity index (χ0n) is 12.2. The van der Waals surface area contributed by atoms with Crippen molar-refractivity contribution in [3.63, 3.8) is 0 Å². The Kier molecular flexibility index (Phi) is 5.44. The van der Waals surface area contributed by atoms with Crippen LogP contribution in [0.3, 0.4) is 0 Å². The molecule has 0 fully saturated rings. The SMILES string of the molecule is CCCOc1ccc(C(NC)c2sccc2OC)cc1. The molecule has 0 bridgehead atoms. The van der Waals surface area contributed by atoms with Crippen LogP contribution in [0.5, 0.6) is 11.5 Å². The third-order valence-electron chi connectivity index (χ3n) is 3.11. The maximum absolute atomic E-state index is 5.62. The van der Waals surface area contributed by atoms with Crippen molar-refractivity contribution in [1.29, 1.82) is 0 Å². The molecule has 4 heteroatoms. The molecular weight excluding hydrogens is 270 g/mol. The predicted molar refractivity (Wildman–Crippen MR) is 84.0 cm³/mol. The third kappa shape index (κ3) is 3.32. The van der Waals surface area contributed by atoms with Crippen molar-refractivity contribution in [2.45, 2.75) is 19.4 Å². The Morgan fingerprint density at radius 1 is 1.20 bits per heavy atom. The highest BCUT2D eigenvalue weighted by atomic mass is 32.1. The summed E-state index contributed by atoms with van der Waals surface area (Å²) in [7, 11) is 3.67. The maximum Gasteiger partial charge on any atom is 0.134 e. The first-order valence-corrected chi connectivity index (χ1v) is 7.69. The zero-order chi connectivity index (χ0) is 14.4. The number of benzene rings is 1. The van der Waals surface area contributed by atoms with Gasteiger partial charge in [-0.3, -0.25) is 0 Å². The number of thiophene rings is 1. The Labute approximate surface area is 124 Å². The fourth-order valence-corrected chi connectivity index (χ4v) is 3.11. The van der Waals surface area contributed by atoms with E-state index in [9.17, 15) is 0 Å². The second-order valence-electron chi connectivity index (χ2n) is 4.49. The van der Waals surface area contributed by atoms with Crippen molar-refractivity contribution >= 4 is 11.3 Å². The van der Waals surface area contributed by atoms with Crippen LogP contribution in [0.2, 0.25) is 0 Å². The molecule has 3 nitrogen and oxygen atoms in total. The standard InChI is InChI=1S/C16H21NO2S/c1-4-10-19-13-7-5-12(6-8-13)15(17-2)16-14(18-3)9-11-20-16/h5-9,11,15,17H,4,10H2,1-3H3. The van der Waals surface area contributed by atoms with Crippen LogP contribution in [0.25, 0.3) is 0 Å². The summed E-state index contributed by atoms with van der Waals surface area (Å²) < 4.78 is 11.0. The first kappa shape index (κ1) is 14.9. The van der Waals surface area contributed by atoms with Crippen LogP contribution in [0.1, 0.15) is 29.8 Å². The minimum Gasteiger partial charge on any atom is -0.496 e. The van der Waals surface area contributed by atoms with Gasteiger partial charge in [0.05, 0.1) is 24.6 Å². The van der Waals surface area contributed by atoms with Gasteiger partial charge < -0.3 is 14.8 Å². The van der Waals surface area contributed by atoms with Gasteiger partial charge in [0.1, 0.15) is 11.5 Å². The molecule has 1 heterocycles. The Morgan fingerprint density at radius 2 is 1.95 bits per heavy atom. The highest BCUT2D eigenvalue weighted by molar-refractivity contribution is 7.10. The molecule has 0 saturated heterocycles. The van der Waals surface area contributed by atoms with E-state index in [1.807, 2.05) is 25.2 Å². The van der Waals surface area contributed by atoms with E-state index >= 15 is 0 Å². The van der Waals surface area contributed by atoms with Gasteiger partial charge in [-0.1, -0.05) is 19.1 Å². The van der Waals surface area contributed by atoms with Crippen LogP contribution in [-0.4, -0.2) is 20.8 Å². The van der Waals surface area contributed by atoms with Crippen LogP contribution in [0.15, 0.2) is 35.7 Å². The molecule has 0 saturated carbocycles. The lowest BCUT2D eigenvalue weighted by Gasteiger charge is -2.17. The van der Waals surface area contributed by atoms with E-state index in [1.54, 1.807) is 18.4 Å². The molecule has 0 aliphatic carbocycles. The molecule has 1 unspecified atom stereocenters. The number of hydrogen-bond donors (Lipinski definition) is 1. The third-order valence-corrected chi connectivity index (χ3v) is 4.08. The molecule has 0 amide bonds. The quantitative estimate of drug-likeness (QED) is 0.840. The number of rotatable bonds is 7. The molecule has 0 spiro atoms. The number of ether oxygens (including phenoxy) is 2. The summed E-state index contributed by atoms with van der Waals surface area (Å²) in [6.45, 7) is 2.86. The van der Waals surface area contributed by atoms with Crippen molar-refractivity contribution in [2.75, 3.05) is 20.8 Å². The van der Waals surface area contributed by atoms with Crippen LogP contribution in [-0.2, 0) is 0 Å². The second kappa shape index (κ2) is 7.31. The minimum absolute atomic E-state index is 0.144. The smallest absolute Gasteiger partial charge is 0.134 e. The first-order valence-electron chi connectivity index (χ1n) is 6.81. The summed E-state index contributed by atoms with van der Waals surface area (Å²) in [5, 5.41) is 5.40. The molecule has 1 aromatic heterocycles. The summed E-state index contributed by atoms with van der Waals surface area (Å²) in [6, 6.07) is 10.4. The highest BCUT2D eigenvalue weighted by Crippen LogP contribution is 2.34. The van der Waals surface area contributed by atoms with E-state index in [1.165, 1.54) is 10.4 Å². The van der Waals surface area contributed by atoms with E-state index in [0.29, 0.717) is 0 Å². The summed E-state index contributed by atoms with van der Waals surface area (Å²) in [5.41, 5.74) is 1.21. The zero-order valence-corrected chi connectivity index (χ0v) is 13.0. The molecule has 1 N–H and O–H groups in total. The monoisotopic (exact) mass is 291 g/mol. The van der Waals surface area contributed by atoms with Crippen LogP contribution >= 0.6 is 11.3 Å². The molecule has 1 atom stereocenters. The van der Waals surface area contributed by atoms with Gasteiger partial charge in [-0.2, -0.15) is 0 Å². The molecule has 2 rings (SSSR count). The Bertz CT molecular complexity index is 522. The van der Waals surface area contributed by atoms with E-state index in [0.717, 1.165) is 24.5 Å². The number of hydrogen-bond acceptors (Lipinski definition) is 4. The largest absolute Gasteiger partial charge is 0.496 e. The van der Waals surface area contributed by atoms with Crippen molar-refractivity contribution in [3.8, 4) is 11.5 Å². The van der Waals surface area contributed by atoms with E-state index in [2.05, 4.69) is 29.8 Å². The Morgan fingerprint density at radius 3 is 2.55 bits per heavy atom. The molecule has 0 radical (unpaired) electrons. The fraction of sp³-hybridized carbons (Fsp3) is 0.375. The van der Waals surface area contributed by atoms with Crippen molar-refractivity contribution < 1.29 is 9.47 Å². The van der Waals surface area contributed by atoms with Gasteiger partial charge in [-0.05, 0) is 42.6 Å². The highest BCUT2D eigenvalue weighted by Gasteiger charge is 2.17. The predicted octanol–water partition coefficient (Wildman–Crippen LogP) is 3.85. The van der Waals surface area contributed by atoms with Crippen LogP contribution in [0, 0.1) is 0 Å². The molecule has 1 aromatic carbocycles. The first-order chi connectivity index (χ1) is 9.80. The molecule has 0 aliphatic rings. The van der Waals surface area contributed by atoms with E-state index < -0.39 is 0 Å². The van der Waals surface area contributed by atoms with Crippen molar-refractivity contribution in [3.05, 3.63) is 46.2 Å². The lowest BCUT2D eigenvalue weighted by molar-refractivity contribution is 0.317. The minimum atomic E-state index is 0.144. The fourth-order valence-electron chi connectivity index (χ4n) is 2.11. The van der Waals surface area contributed by atoms with E-state index in [4.69, 9.17) is 9.47 Å². The van der Waals surface area contributed by atoms with Crippen LogP contribution < -0.4 is 14.8 Å². The lowest BCUT2D eigenvalue weighted by Crippen LogP contribution is -2.17. The van der Waals surface area contributed by atoms with Gasteiger partial charge >= 0.3 is 0 Å². The molecule has 20 heavy (non-hydrogen) atoms. The van der Waals surface area contributed by atoms with Gasteiger partial charge in [0.15, 0.2) is 0 Å². The van der Waals surface area contributed by atoms with Crippen molar-refractivity contribution in [2.24, 2.45) is 0 Å². The molecule has 0 aliphatic heterocycles. The normalized spacial score (nSPS) is 12.2. The number of nitrogens with one attached hydrogen (secondary N) is 1.